The molecule has 0 aromatic heterocycles. The Bertz CT molecular complexity index is 825. The summed E-state index contributed by atoms with van der Waals surface area (Å²) in [6.07, 6.45) is 3.43. The van der Waals surface area contributed by atoms with E-state index in [9.17, 15) is 18.0 Å². The molecule has 2 N–H and O–H groups in total. The van der Waals surface area contributed by atoms with E-state index >= 15 is 0 Å². The van der Waals surface area contributed by atoms with Crippen LogP contribution in [-0.4, -0.2) is 80.4 Å². The minimum atomic E-state index is -3.15. The molecule has 30 heavy (non-hydrogen) atoms. The van der Waals surface area contributed by atoms with E-state index in [4.69, 9.17) is 0 Å². The van der Waals surface area contributed by atoms with Gasteiger partial charge in [-0.05, 0) is 31.5 Å². The topological polar surface area (TPSA) is 98.8 Å². The number of sulfone groups is 1. The summed E-state index contributed by atoms with van der Waals surface area (Å²) in [6, 6.07) is 8.90. The van der Waals surface area contributed by atoms with Crippen LogP contribution in [-0.2, 0) is 21.2 Å². The van der Waals surface area contributed by atoms with Crippen molar-refractivity contribution in [3.63, 3.8) is 0 Å². The predicted octanol–water partition coefficient (Wildman–Crippen LogP) is 0.986. The average Bonchev–Trinajstić information content (AvgIpc) is 3.03. The van der Waals surface area contributed by atoms with Crippen LogP contribution < -0.4 is 10.6 Å². The lowest BCUT2D eigenvalue weighted by atomic mass is 10.0. The van der Waals surface area contributed by atoms with Gasteiger partial charge in [-0.2, -0.15) is 0 Å². The van der Waals surface area contributed by atoms with Crippen molar-refractivity contribution in [1.29, 1.82) is 0 Å². The first-order chi connectivity index (χ1) is 14.3. The molecular formula is C21H32N4O4S. The van der Waals surface area contributed by atoms with Crippen molar-refractivity contribution in [2.45, 2.75) is 44.3 Å². The average molecular weight is 437 g/mol. The van der Waals surface area contributed by atoms with E-state index in [1.54, 1.807) is 11.9 Å². The highest BCUT2D eigenvalue weighted by Gasteiger charge is 2.41. The summed E-state index contributed by atoms with van der Waals surface area (Å²) < 4.78 is 24.3. The summed E-state index contributed by atoms with van der Waals surface area (Å²) in [4.78, 5) is 28.4. The quantitative estimate of drug-likeness (QED) is 0.664. The molecule has 3 amide bonds. The molecule has 9 heteroatoms. The Hall–Kier alpha value is -2.13. The number of rotatable bonds is 7. The Morgan fingerprint density at radius 2 is 1.80 bits per heavy atom. The van der Waals surface area contributed by atoms with Crippen LogP contribution in [0.3, 0.4) is 0 Å². The van der Waals surface area contributed by atoms with Crippen LogP contribution in [0.25, 0.3) is 0 Å². The molecule has 2 fully saturated rings. The lowest BCUT2D eigenvalue weighted by Crippen LogP contribution is -2.52. The van der Waals surface area contributed by atoms with Crippen LogP contribution in [0, 0.1) is 0 Å². The number of urea groups is 1. The SMILES string of the molecule is CN(Cc1ccccc1)C(=O)NCCC(=O)NC1CS(=O)(=O)CC1N1CCCCC1. The molecule has 0 aliphatic carbocycles. The van der Waals surface area contributed by atoms with Gasteiger partial charge in [0.15, 0.2) is 9.84 Å². The van der Waals surface area contributed by atoms with Crippen molar-refractivity contribution in [1.82, 2.24) is 20.4 Å². The van der Waals surface area contributed by atoms with Crippen LogP contribution >= 0.6 is 0 Å². The van der Waals surface area contributed by atoms with Crippen LogP contribution in [0.2, 0.25) is 0 Å². The molecule has 2 heterocycles. The number of hydrogen-bond donors (Lipinski definition) is 2. The van der Waals surface area contributed by atoms with Crippen molar-refractivity contribution in [2.24, 2.45) is 0 Å². The number of amides is 3. The van der Waals surface area contributed by atoms with Crippen LogP contribution in [0.1, 0.15) is 31.2 Å². The third-order valence-corrected chi connectivity index (χ3v) is 7.48. The predicted molar refractivity (Wildman–Crippen MR) is 116 cm³/mol. The molecule has 2 atom stereocenters. The molecule has 0 spiro atoms. The van der Waals surface area contributed by atoms with Gasteiger partial charge in [-0.25, -0.2) is 13.2 Å². The Kier molecular flexibility index (Phi) is 7.71. The second-order valence-corrected chi connectivity index (χ2v) is 10.4. The summed E-state index contributed by atoms with van der Waals surface area (Å²) in [6.45, 7) is 2.46. The van der Waals surface area contributed by atoms with Gasteiger partial charge in [-0.15, -0.1) is 0 Å². The fourth-order valence-electron chi connectivity index (χ4n) is 4.20. The third kappa shape index (κ3) is 6.43. The number of nitrogens with zero attached hydrogens (tertiary/aromatic N) is 2. The number of likely N-dealkylation sites (tertiary alicyclic amines) is 1. The minimum absolute atomic E-state index is 0.00786. The van der Waals surface area contributed by atoms with E-state index < -0.39 is 9.84 Å². The molecule has 1 aromatic rings. The standard InChI is InChI=1S/C21H32N4O4S/c1-24(14-17-8-4-2-5-9-17)21(27)22-11-10-20(26)23-18-15-30(28,29)16-19(18)25-12-6-3-7-13-25/h2,4-5,8-9,18-19H,3,6-7,10-16H2,1H3,(H,22,27)(H,23,26). The van der Waals surface area contributed by atoms with Crippen molar-refractivity contribution in [2.75, 3.05) is 38.2 Å². The molecule has 3 rings (SSSR count). The van der Waals surface area contributed by atoms with Gasteiger partial charge in [-0.1, -0.05) is 36.8 Å². The fourth-order valence-corrected chi connectivity index (χ4v) is 6.15. The summed E-state index contributed by atoms with van der Waals surface area (Å²) in [5, 5.41) is 5.65. The number of carbonyl (C=O) groups excluding carboxylic acids is 2. The molecule has 1 aromatic carbocycles. The van der Waals surface area contributed by atoms with Gasteiger partial charge in [0, 0.05) is 32.6 Å². The number of hydrogen-bond acceptors (Lipinski definition) is 5. The normalized spacial score (nSPS) is 23.6. The zero-order valence-corrected chi connectivity index (χ0v) is 18.4. The molecule has 8 nitrogen and oxygen atoms in total. The second-order valence-electron chi connectivity index (χ2n) is 8.24. The lowest BCUT2D eigenvalue weighted by molar-refractivity contribution is -0.121. The van der Waals surface area contributed by atoms with E-state index in [-0.39, 0.29) is 48.5 Å². The van der Waals surface area contributed by atoms with Gasteiger partial charge < -0.3 is 15.5 Å². The highest BCUT2D eigenvalue weighted by Crippen LogP contribution is 2.22. The van der Waals surface area contributed by atoms with Gasteiger partial charge in [0.2, 0.25) is 5.91 Å². The van der Waals surface area contributed by atoms with E-state index in [2.05, 4.69) is 15.5 Å². The molecule has 0 saturated carbocycles. The largest absolute Gasteiger partial charge is 0.351 e. The molecule has 0 bridgehead atoms. The Morgan fingerprint density at radius 3 is 2.50 bits per heavy atom. The lowest BCUT2D eigenvalue weighted by Gasteiger charge is -2.35. The molecular weight excluding hydrogens is 404 g/mol. The second kappa shape index (κ2) is 10.3. The molecule has 0 radical (unpaired) electrons. The number of nitrogens with one attached hydrogen (secondary N) is 2. The first-order valence-electron chi connectivity index (χ1n) is 10.6. The zero-order valence-electron chi connectivity index (χ0n) is 17.5. The van der Waals surface area contributed by atoms with Gasteiger partial charge in [0.25, 0.3) is 0 Å². The first kappa shape index (κ1) is 22.6. The molecule has 2 aliphatic rings. The van der Waals surface area contributed by atoms with Crippen LogP contribution in [0.5, 0.6) is 0 Å². The Labute approximate surface area is 178 Å². The number of piperidine rings is 1. The van der Waals surface area contributed by atoms with E-state index in [1.807, 2.05) is 30.3 Å². The van der Waals surface area contributed by atoms with Gasteiger partial charge >= 0.3 is 6.03 Å². The van der Waals surface area contributed by atoms with E-state index in [1.165, 1.54) is 6.42 Å². The Balaban J connectivity index is 1.43. The van der Waals surface area contributed by atoms with Crippen LogP contribution in [0.4, 0.5) is 4.79 Å². The minimum Gasteiger partial charge on any atom is -0.351 e. The smallest absolute Gasteiger partial charge is 0.317 e. The van der Waals surface area contributed by atoms with Gasteiger partial charge in [0.1, 0.15) is 0 Å². The van der Waals surface area contributed by atoms with Crippen molar-refractivity contribution in [3.05, 3.63) is 35.9 Å². The fraction of sp³-hybridized carbons (Fsp3) is 0.619. The number of benzene rings is 1. The maximum Gasteiger partial charge on any atom is 0.317 e. The van der Waals surface area contributed by atoms with E-state index in [0.29, 0.717) is 6.54 Å². The first-order valence-corrected chi connectivity index (χ1v) is 12.4. The maximum absolute atomic E-state index is 12.4. The summed E-state index contributed by atoms with van der Waals surface area (Å²) in [5.41, 5.74) is 1.03. The van der Waals surface area contributed by atoms with Crippen LogP contribution in [0.15, 0.2) is 30.3 Å². The number of carbonyl (C=O) groups is 2. The summed E-state index contributed by atoms with van der Waals surface area (Å²) in [5.74, 6) is -0.129. The molecule has 2 saturated heterocycles. The zero-order chi connectivity index (χ0) is 21.6. The molecule has 166 valence electrons. The Morgan fingerprint density at radius 1 is 1.10 bits per heavy atom. The van der Waals surface area contributed by atoms with E-state index in [0.717, 1.165) is 31.5 Å². The maximum atomic E-state index is 12.4. The highest BCUT2D eigenvalue weighted by molar-refractivity contribution is 7.91. The monoisotopic (exact) mass is 436 g/mol. The highest BCUT2D eigenvalue weighted by atomic mass is 32.2. The van der Waals surface area contributed by atoms with Crippen molar-refractivity contribution in [3.8, 4) is 0 Å². The van der Waals surface area contributed by atoms with Crippen molar-refractivity contribution >= 4 is 21.8 Å². The summed E-state index contributed by atoms with van der Waals surface area (Å²) in [7, 11) is -1.44. The summed E-state index contributed by atoms with van der Waals surface area (Å²) >= 11 is 0. The van der Waals surface area contributed by atoms with Gasteiger partial charge in [0.05, 0.1) is 17.5 Å². The third-order valence-electron chi connectivity index (χ3n) is 5.77. The molecule has 2 aliphatic heterocycles. The van der Waals surface area contributed by atoms with Gasteiger partial charge in [-0.3, -0.25) is 9.69 Å². The van der Waals surface area contributed by atoms with Crippen molar-refractivity contribution < 1.29 is 18.0 Å². The molecule has 2 unspecified atom stereocenters.